The Hall–Kier alpha value is -1.15. The van der Waals surface area contributed by atoms with Crippen LogP contribution in [0.5, 0.6) is 0 Å². The average Bonchev–Trinajstić information content (AvgIpc) is 2.34. The molecule has 1 N–H and O–H groups in total. The molecule has 0 unspecified atom stereocenters. The summed E-state index contributed by atoms with van der Waals surface area (Å²) in [5.74, 6) is 0.302. The van der Waals surface area contributed by atoms with Gasteiger partial charge in [-0.3, -0.25) is 0 Å². The Balaban J connectivity index is 2.81. The van der Waals surface area contributed by atoms with Crippen molar-refractivity contribution in [2.45, 2.75) is 6.92 Å². The highest BCUT2D eigenvalue weighted by Gasteiger charge is 2.16. The first-order valence-corrected chi connectivity index (χ1v) is 4.86. The lowest BCUT2D eigenvalue weighted by molar-refractivity contribution is 0.513. The van der Waals surface area contributed by atoms with Crippen LogP contribution in [0.3, 0.4) is 0 Å². The molecular formula is C5H10N4O3S. The van der Waals surface area contributed by atoms with Crippen LogP contribution in [0.4, 0.5) is 6.01 Å². The number of aryl methyl sites for hydroxylation is 1. The maximum Gasteiger partial charge on any atom is 0.330 e. The topological polar surface area (TPSA) is 88.3 Å². The molecule has 0 spiro atoms. The minimum absolute atomic E-state index is 0.133. The quantitative estimate of drug-likeness (QED) is 0.726. The van der Waals surface area contributed by atoms with E-state index in [4.69, 9.17) is 4.42 Å². The summed E-state index contributed by atoms with van der Waals surface area (Å²) in [4.78, 5) is 0. The van der Waals surface area contributed by atoms with E-state index in [1.165, 1.54) is 14.1 Å². The lowest BCUT2D eigenvalue weighted by atomic mass is 10.8. The predicted molar refractivity (Wildman–Crippen MR) is 45.3 cm³/mol. The van der Waals surface area contributed by atoms with Gasteiger partial charge < -0.3 is 4.42 Å². The van der Waals surface area contributed by atoms with Gasteiger partial charge in [0.25, 0.3) is 0 Å². The molecule has 8 heteroatoms. The van der Waals surface area contributed by atoms with Gasteiger partial charge in [-0.25, -0.2) is 4.72 Å². The number of nitrogens with one attached hydrogen (secondary N) is 1. The van der Waals surface area contributed by atoms with Crippen LogP contribution in [0, 0.1) is 6.92 Å². The number of hydrogen-bond donors (Lipinski definition) is 1. The van der Waals surface area contributed by atoms with Crippen LogP contribution >= 0.6 is 0 Å². The molecule has 1 aromatic rings. The van der Waals surface area contributed by atoms with E-state index in [0.717, 1.165) is 4.31 Å². The van der Waals surface area contributed by atoms with Gasteiger partial charge in [-0.15, -0.1) is 5.10 Å². The van der Waals surface area contributed by atoms with Gasteiger partial charge in [0.05, 0.1) is 0 Å². The van der Waals surface area contributed by atoms with E-state index in [2.05, 4.69) is 14.9 Å². The molecule has 7 nitrogen and oxygen atoms in total. The van der Waals surface area contributed by atoms with Gasteiger partial charge in [0.1, 0.15) is 0 Å². The Kier molecular flexibility index (Phi) is 2.52. The van der Waals surface area contributed by atoms with E-state index in [-0.39, 0.29) is 6.01 Å². The largest absolute Gasteiger partial charge is 0.408 e. The van der Waals surface area contributed by atoms with E-state index in [1.54, 1.807) is 6.92 Å². The highest BCUT2D eigenvalue weighted by Crippen LogP contribution is 2.06. The van der Waals surface area contributed by atoms with Crippen LogP contribution in [0.15, 0.2) is 4.42 Å². The fourth-order valence-electron chi connectivity index (χ4n) is 0.539. The van der Waals surface area contributed by atoms with Crippen molar-refractivity contribution in [3.63, 3.8) is 0 Å². The Bertz CT molecular complexity index is 382. The van der Waals surface area contributed by atoms with Crippen LogP contribution in [0.25, 0.3) is 0 Å². The van der Waals surface area contributed by atoms with E-state index in [9.17, 15) is 8.42 Å². The normalized spacial score (nSPS) is 12.0. The second kappa shape index (κ2) is 3.30. The molecule has 0 aromatic carbocycles. The molecule has 0 radical (unpaired) electrons. The number of anilines is 1. The van der Waals surface area contributed by atoms with Crippen molar-refractivity contribution in [2.24, 2.45) is 0 Å². The summed E-state index contributed by atoms with van der Waals surface area (Å²) in [6.07, 6.45) is 0. The molecule has 0 saturated carbocycles. The third-order valence-corrected chi connectivity index (χ3v) is 2.62. The maximum absolute atomic E-state index is 11.2. The fourth-order valence-corrected chi connectivity index (χ4v) is 1.03. The molecule has 0 aliphatic rings. The van der Waals surface area contributed by atoms with Crippen molar-refractivity contribution < 1.29 is 12.8 Å². The molecule has 1 heterocycles. The highest BCUT2D eigenvalue weighted by atomic mass is 32.2. The second-order valence-corrected chi connectivity index (χ2v) is 4.40. The predicted octanol–water partition coefficient (Wildman–Crippen LogP) is -0.404. The molecule has 13 heavy (non-hydrogen) atoms. The van der Waals surface area contributed by atoms with Crippen LogP contribution in [-0.4, -0.2) is 37.0 Å². The van der Waals surface area contributed by atoms with Gasteiger partial charge in [0.15, 0.2) is 0 Å². The zero-order chi connectivity index (χ0) is 10.1. The summed E-state index contributed by atoms with van der Waals surface area (Å²) in [6, 6.07) is -0.133. The highest BCUT2D eigenvalue weighted by molar-refractivity contribution is 7.90. The van der Waals surface area contributed by atoms with E-state index in [1.807, 2.05) is 0 Å². The van der Waals surface area contributed by atoms with Gasteiger partial charge in [-0.2, -0.15) is 12.7 Å². The third-order valence-electron chi connectivity index (χ3n) is 1.22. The summed E-state index contributed by atoms with van der Waals surface area (Å²) in [7, 11) is -0.762. The van der Waals surface area contributed by atoms with Gasteiger partial charge >= 0.3 is 16.2 Å². The summed E-state index contributed by atoms with van der Waals surface area (Å²) >= 11 is 0. The van der Waals surface area contributed by atoms with Gasteiger partial charge in [0, 0.05) is 21.0 Å². The number of aromatic nitrogens is 2. The molecule has 0 amide bonds. The SMILES string of the molecule is Cc1nnc(NS(=O)(=O)N(C)C)o1. The Labute approximate surface area is 75.9 Å². The molecule has 1 aromatic heterocycles. The smallest absolute Gasteiger partial charge is 0.330 e. The summed E-state index contributed by atoms with van der Waals surface area (Å²) < 4.78 is 30.3. The molecule has 0 aliphatic heterocycles. The molecular weight excluding hydrogens is 196 g/mol. The molecule has 1 rings (SSSR count). The van der Waals surface area contributed by atoms with Crippen molar-refractivity contribution in [2.75, 3.05) is 18.8 Å². The Morgan fingerprint density at radius 2 is 2.00 bits per heavy atom. The Morgan fingerprint density at radius 1 is 1.38 bits per heavy atom. The number of nitrogens with zero attached hydrogens (tertiary/aromatic N) is 3. The first-order valence-electron chi connectivity index (χ1n) is 3.42. The van der Waals surface area contributed by atoms with Crippen molar-refractivity contribution in [3.05, 3.63) is 5.89 Å². The second-order valence-electron chi connectivity index (χ2n) is 2.52. The summed E-state index contributed by atoms with van der Waals surface area (Å²) in [5, 5.41) is 6.95. The van der Waals surface area contributed by atoms with Crippen molar-refractivity contribution >= 4 is 16.2 Å². The number of hydrogen-bond acceptors (Lipinski definition) is 5. The molecule has 0 saturated heterocycles. The van der Waals surface area contributed by atoms with Crippen molar-refractivity contribution in [1.29, 1.82) is 0 Å². The van der Waals surface area contributed by atoms with Crippen LogP contribution in [0.1, 0.15) is 5.89 Å². The number of rotatable bonds is 3. The molecule has 0 fully saturated rings. The van der Waals surface area contributed by atoms with Crippen LogP contribution in [0.2, 0.25) is 0 Å². The first kappa shape index (κ1) is 9.93. The van der Waals surface area contributed by atoms with E-state index in [0.29, 0.717) is 5.89 Å². The van der Waals surface area contributed by atoms with E-state index >= 15 is 0 Å². The van der Waals surface area contributed by atoms with Gasteiger partial charge in [0.2, 0.25) is 5.89 Å². The monoisotopic (exact) mass is 206 g/mol. The molecule has 0 atom stereocenters. The van der Waals surface area contributed by atoms with Gasteiger partial charge in [-0.1, -0.05) is 5.10 Å². The maximum atomic E-state index is 11.2. The minimum atomic E-state index is -3.55. The van der Waals surface area contributed by atoms with Crippen molar-refractivity contribution in [3.8, 4) is 0 Å². The standard InChI is InChI=1S/C5H10N4O3S/c1-4-6-7-5(12-4)8-13(10,11)9(2)3/h1-3H3,(H,7,8). The third kappa shape index (κ3) is 2.39. The lowest BCUT2D eigenvalue weighted by Gasteiger charge is -2.09. The van der Waals surface area contributed by atoms with Crippen molar-refractivity contribution in [1.82, 2.24) is 14.5 Å². The van der Waals surface area contributed by atoms with E-state index < -0.39 is 10.2 Å². The van der Waals surface area contributed by atoms with Crippen LogP contribution < -0.4 is 4.72 Å². The zero-order valence-corrected chi connectivity index (χ0v) is 8.29. The van der Waals surface area contributed by atoms with Gasteiger partial charge in [-0.05, 0) is 0 Å². The molecule has 0 bridgehead atoms. The Morgan fingerprint density at radius 3 is 2.38 bits per heavy atom. The zero-order valence-electron chi connectivity index (χ0n) is 7.47. The lowest BCUT2D eigenvalue weighted by Crippen LogP contribution is -2.29. The fraction of sp³-hybridized carbons (Fsp3) is 0.600. The summed E-state index contributed by atoms with van der Waals surface area (Å²) in [6.45, 7) is 1.57. The summed E-state index contributed by atoms with van der Waals surface area (Å²) in [5.41, 5.74) is 0. The van der Waals surface area contributed by atoms with Crippen LogP contribution in [-0.2, 0) is 10.2 Å². The minimum Gasteiger partial charge on any atom is -0.408 e. The average molecular weight is 206 g/mol. The molecule has 0 aliphatic carbocycles. The molecule has 74 valence electrons. The first-order chi connectivity index (χ1) is 5.92.